The van der Waals surface area contributed by atoms with E-state index in [0.717, 1.165) is 32.5 Å². The van der Waals surface area contributed by atoms with Crippen LogP contribution in [0.4, 0.5) is 0 Å². The van der Waals surface area contributed by atoms with E-state index in [1.165, 1.54) is 17.7 Å². The van der Waals surface area contributed by atoms with Crippen molar-refractivity contribution in [2.24, 2.45) is 11.7 Å². The Kier molecular flexibility index (Phi) is 3.12. The van der Waals surface area contributed by atoms with E-state index in [9.17, 15) is 0 Å². The van der Waals surface area contributed by atoms with Gasteiger partial charge in [0.1, 0.15) is 0 Å². The van der Waals surface area contributed by atoms with E-state index in [-0.39, 0.29) is 6.04 Å². The van der Waals surface area contributed by atoms with Gasteiger partial charge in [-0.05, 0) is 43.2 Å². The first kappa shape index (κ1) is 11.2. The van der Waals surface area contributed by atoms with E-state index in [0.29, 0.717) is 11.8 Å². The minimum atomic E-state index is 0.259. The molecule has 1 aliphatic heterocycles. The Morgan fingerprint density at radius 3 is 2.94 bits per heavy atom. The largest absolute Gasteiger partial charge is 0.381 e. The summed E-state index contributed by atoms with van der Waals surface area (Å²) in [4.78, 5) is 4.55. The lowest BCUT2D eigenvalue weighted by Crippen LogP contribution is -2.38. The van der Waals surface area contributed by atoms with Gasteiger partial charge >= 0.3 is 0 Å². The summed E-state index contributed by atoms with van der Waals surface area (Å²) in [6, 6.07) is 4.48. The molecule has 92 valence electrons. The van der Waals surface area contributed by atoms with Gasteiger partial charge in [-0.15, -0.1) is 0 Å². The summed E-state index contributed by atoms with van der Waals surface area (Å²) in [5, 5.41) is 0. The van der Waals surface area contributed by atoms with Gasteiger partial charge in [0.15, 0.2) is 0 Å². The van der Waals surface area contributed by atoms with Gasteiger partial charge in [0, 0.05) is 37.1 Å². The fraction of sp³-hybridized carbons (Fsp3) is 0.643. The van der Waals surface area contributed by atoms with Gasteiger partial charge in [-0.1, -0.05) is 6.07 Å². The van der Waals surface area contributed by atoms with Crippen LogP contribution in [0.5, 0.6) is 0 Å². The van der Waals surface area contributed by atoms with E-state index in [1.54, 1.807) is 0 Å². The Bertz CT molecular complexity index is 388. The maximum Gasteiger partial charge on any atom is 0.0482 e. The fourth-order valence-electron chi connectivity index (χ4n) is 3.25. The second kappa shape index (κ2) is 4.75. The molecule has 2 aliphatic rings. The summed E-state index contributed by atoms with van der Waals surface area (Å²) in [7, 11) is 0. The van der Waals surface area contributed by atoms with Crippen molar-refractivity contribution in [3.8, 4) is 0 Å². The number of rotatable bonds is 2. The van der Waals surface area contributed by atoms with E-state index >= 15 is 0 Å². The highest BCUT2D eigenvalue weighted by molar-refractivity contribution is 5.30. The van der Waals surface area contributed by atoms with Crippen molar-refractivity contribution in [1.29, 1.82) is 0 Å². The highest BCUT2D eigenvalue weighted by atomic mass is 16.5. The average Bonchev–Trinajstić information content (AvgIpc) is 2.83. The van der Waals surface area contributed by atoms with Crippen molar-refractivity contribution in [2.75, 3.05) is 13.2 Å². The second-order valence-corrected chi connectivity index (χ2v) is 5.22. The molecule has 0 saturated carbocycles. The van der Waals surface area contributed by atoms with Gasteiger partial charge in [0.2, 0.25) is 0 Å². The lowest BCUT2D eigenvalue weighted by atomic mass is 9.83. The van der Waals surface area contributed by atoms with Crippen molar-refractivity contribution in [2.45, 2.75) is 37.6 Å². The molecule has 0 spiro atoms. The predicted octanol–water partition coefficient (Wildman–Crippen LogP) is 1.87. The van der Waals surface area contributed by atoms with Crippen molar-refractivity contribution in [3.05, 3.63) is 29.6 Å². The quantitative estimate of drug-likeness (QED) is 0.846. The van der Waals surface area contributed by atoms with E-state index in [2.05, 4.69) is 11.1 Å². The van der Waals surface area contributed by atoms with Crippen LogP contribution in [0.15, 0.2) is 18.3 Å². The van der Waals surface area contributed by atoms with Crippen LogP contribution in [0, 0.1) is 5.92 Å². The number of nitrogens with two attached hydrogens (primary N) is 1. The topological polar surface area (TPSA) is 48.1 Å². The maximum atomic E-state index is 6.47. The molecule has 1 aromatic rings. The Morgan fingerprint density at radius 1 is 1.29 bits per heavy atom. The molecule has 0 aromatic carbocycles. The molecule has 17 heavy (non-hydrogen) atoms. The number of pyridine rings is 1. The summed E-state index contributed by atoms with van der Waals surface area (Å²) >= 11 is 0. The Morgan fingerprint density at radius 2 is 2.12 bits per heavy atom. The maximum absolute atomic E-state index is 6.47. The fourth-order valence-corrected chi connectivity index (χ4v) is 3.25. The standard InChI is InChI=1S/C14H20N2O/c15-13(10-5-8-17-9-6-10)12-4-3-11-2-1-7-16-14(11)12/h1-2,7,10,12-13H,3-6,8-9,15H2. The van der Waals surface area contributed by atoms with Crippen LogP contribution in [-0.2, 0) is 11.2 Å². The summed E-state index contributed by atoms with van der Waals surface area (Å²) in [5.41, 5.74) is 9.13. The zero-order valence-electron chi connectivity index (χ0n) is 10.1. The number of hydrogen-bond donors (Lipinski definition) is 1. The van der Waals surface area contributed by atoms with Gasteiger partial charge in [0.25, 0.3) is 0 Å². The smallest absolute Gasteiger partial charge is 0.0482 e. The molecule has 2 unspecified atom stereocenters. The zero-order chi connectivity index (χ0) is 11.7. The monoisotopic (exact) mass is 232 g/mol. The third-order valence-electron chi connectivity index (χ3n) is 4.28. The lowest BCUT2D eigenvalue weighted by Gasteiger charge is -2.31. The van der Waals surface area contributed by atoms with Gasteiger partial charge in [-0.25, -0.2) is 0 Å². The number of aromatic nitrogens is 1. The van der Waals surface area contributed by atoms with E-state index in [4.69, 9.17) is 10.5 Å². The van der Waals surface area contributed by atoms with Crippen LogP contribution < -0.4 is 5.73 Å². The number of aryl methyl sites for hydroxylation is 1. The second-order valence-electron chi connectivity index (χ2n) is 5.22. The number of ether oxygens (including phenoxy) is 1. The molecule has 2 heterocycles. The molecule has 1 saturated heterocycles. The third kappa shape index (κ3) is 2.09. The van der Waals surface area contributed by atoms with E-state index in [1.807, 2.05) is 12.3 Å². The molecule has 3 heteroatoms. The van der Waals surface area contributed by atoms with Gasteiger partial charge in [0.05, 0.1) is 0 Å². The zero-order valence-corrected chi connectivity index (χ0v) is 10.1. The molecule has 1 aromatic heterocycles. The Labute approximate surface area is 102 Å². The number of nitrogens with zero attached hydrogens (tertiary/aromatic N) is 1. The SMILES string of the molecule is NC(C1CCOCC1)C1CCc2cccnc21. The molecular formula is C14H20N2O. The number of fused-ring (bicyclic) bond motifs is 1. The summed E-state index contributed by atoms with van der Waals surface area (Å²) in [5.74, 6) is 1.08. The first-order valence-electron chi connectivity index (χ1n) is 6.63. The Balaban J connectivity index is 1.76. The van der Waals surface area contributed by atoms with Crippen LogP contribution >= 0.6 is 0 Å². The minimum absolute atomic E-state index is 0.259. The molecule has 2 N–H and O–H groups in total. The van der Waals surface area contributed by atoms with Crippen LogP contribution in [-0.4, -0.2) is 24.2 Å². The normalized spacial score (nSPS) is 26.8. The highest BCUT2D eigenvalue weighted by Gasteiger charge is 2.33. The average molecular weight is 232 g/mol. The molecule has 2 atom stereocenters. The van der Waals surface area contributed by atoms with Crippen molar-refractivity contribution < 1.29 is 4.74 Å². The third-order valence-corrected chi connectivity index (χ3v) is 4.28. The molecular weight excluding hydrogens is 212 g/mol. The Hall–Kier alpha value is -0.930. The van der Waals surface area contributed by atoms with Gasteiger partial charge in [-0.3, -0.25) is 4.98 Å². The number of hydrogen-bond acceptors (Lipinski definition) is 3. The summed E-state index contributed by atoms with van der Waals surface area (Å²) < 4.78 is 5.41. The molecule has 1 fully saturated rings. The van der Waals surface area contributed by atoms with Gasteiger partial charge < -0.3 is 10.5 Å². The van der Waals surface area contributed by atoms with Crippen LogP contribution in [0.3, 0.4) is 0 Å². The van der Waals surface area contributed by atoms with Crippen LogP contribution in [0.2, 0.25) is 0 Å². The molecule has 0 amide bonds. The predicted molar refractivity (Wildman–Crippen MR) is 66.8 cm³/mol. The van der Waals surface area contributed by atoms with Crippen LogP contribution in [0.1, 0.15) is 36.4 Å². The highest BCUT2D eigenvalue weighted by Crippen LogP contribution is 2.37. The molecule has 0 bridgehead atoms. The van der Waals surface area contributed by atoms with Crippen molar-refractivity contribution in [3.63, 3.8) is 0 Å². The van der Waals surface area contributed by atoms with Crippen LogP contribution in [0.25, 0.3) is 0 Å². The van der Waals surface area contributed by atoms with Crippen molar-refractivity contribution >= 4 is 0 Å². The molecule has 3 nitrogen and oxygen atoms in total. The first-order chi connectivity index (χ1) is 8.36. The van der Waals surface area contributed by atoms with Crippen molar-refractivity contribution in [1.82, 2.24) is 4.98 Å². The summed E-state index contributed by atoms with van der Waals surface area (Å²) in [6.07, 6.45) is 6.43. The molecule has 3 rings (SSSR count). The summed E-state index contributed by atoms with van der Waals surface area (Å²) in [6.45, 7) is 1.75. The molecule has 1 aliphatic carbocycles. The van der Waals surface area contributed by atoms with E-state index < -0.39 is 0 Å². The van der Waals surface area contributed by atoms with Gasteiger partial charge in [-0.2, -0.15) is 0 Å². The lowest BCUT2D eigenvalue weighted by molar-refractivity contribution is 0.0551. The minimum Gasteiger partial charge on any atom is -0.381 e. The molecule has 0 radical (unpaired) electrons. The first-order valence-corrected chi connectivity index (χ1v) is 6.63.